The summed E-state index contributed by atoms with van der Waals surface area (Å²) in [5.74, 6) is 0. The Kier molecular flexibility index (Phi) is 4.60. The van der Waals surface area contributed by atoms with Crippen molar-refractivity contribution in [1.29, 1.82) is 0 Å². The predicted molar refractivity (Wildman–Crippen MR) is 119 cm³/mol. The van der Waals surface area contributed by atoms with Crippen molar-refractivity contribution in [2.45, 2.75) is 53.3 Å². The number of H-pyrrole nitrogens is 1. The molecule has 3 nitrogen and oxygen atoms in total. The van der Waals surface area contributed by atoms with Gasteiger partial charge in [-0.2, -0.15) is 13.2 Å². The van der Waals surface area contributed by atoms with Gasteiger partial charge in [-0.1, -0.05) is 0 Å². The van der Waals surface area contributed by atoms with Crippen LogP contribution >= 0.6 is 0 Å². The first-order chi connectivity index (χ1) is 14.3. The van der Waals surface area contributed by atoms with Crippen LogP contribution in [0.5, 0.6) is 0 Å². The van der Waals surface area contributed by atoms with Crippen LogP contribution in [0.25, 0.3) is 21.8 Å². The monoisotopic (exact) mass is 428 g/mol. The van der Waals surface area contributed by atoms with E-state index in [4.69, 9.17) is 0 Å². The zero-order chi connectivity index (χ0) is 23.0. The Balaban J connectivity index is 2.16. The smallest absolute Gasteiger partial charge is 0.371 e. The van der Waals surface area contributed by atoms with Crippen molar-refractivity contribution in [2.75, 3.05) is 0 Å². The SMILES string of the molecule is Cc1cc2[nH]c(C(O)(c3c(C)c(C)c(C)c4c3ccn4C)C(F)(F)F)cc2c(C)c1C. The summed E-state index contributed by atoms with van der Waals surface area (Å²) in [7, 11) is 1.80. The first-order valence-electron chi connectivity index (χ1n) is 10.2. The number of alkyl halides is 3. The number of aliphatic hydroxyl groups is 1. The van der Waals surface area contributed by atoms with Crippen LogP contribution in [0, 0.1) is 41.5 Å². The lowest BCUT2D eigenvalue weighted by molar-refractivity contribution is -0.249. The average Bonchev–Trinajstić information content (AvgIpc) is 3.27. The highest BCUT2D eigenvalue weighted by Gasteiger charge is 2.59. The quantitative estimate of drug-likeness (QED) is 0.386. The van der Waals surface area contributed by atoms with E-state index in [0.29, 0.717) is 27.4 Å². The van der Waals surface area contributed by atoms with E-state index in [0.717, 1.165) is 27.8 Å². The summed E-state index contributed by atoms with van der Waals surface area (Å²) in [6.45, 7) is 11.1. The van der Waals surface area contributed by atoms with Crippen LogP contribution in [0.3, 0.4) is 0 Å². The van der Waals surface area contributed by atoms with Gasteiger partial charge in [0.1, 0.15) is 0 Å². The van der Waals surface area contributed by atoms with Gasteiger partial charge in [0.15, 0.2) is 0 Å². The third-order valence-electron chi connectivity index (χ3n) is 7.13. The minimum absolute atomic E-state index is 0.114. The summed E-state index contributed by atoms with van der Waals surface area (Å²) in [6.07, 6.45) is -3.19. The fourth-order valence-corrected chi connectivity index (χ4v) is 4.85. The maximum atomic E-state index is 14.7. The van der Waals surface area contributed by atoms with Crippen LogP contribution < -0.4 is 0 Å². The van der Waals surface area contributed by atoms with Gasteiger partial charge in [0.05, 0.1) is 11.2 Å². The van der Waals surface area contributed by atoms with Crippen LogP contribution in [0.4, 0.5) is 13.2 Å². The van der Waals surface area contributed by atoms with E-state index in [9.17, 15) is 18.3 Å². The third kappa shape index (κ3) is 2.77. The lowest BCUT2D eigenvalue weighted by atomic mass is 9.81. The summed E-state index contributed by atoms with van der Waals surface area (Å²) in [5.41, 5.74) is 2.74. The second-order valence-corrected chi connectivity index (χ2v) is 8.73. The van der Waals surface area contributed by atoms with Crippen molar-refractivity contribution in [3.05, 3.63) is 69.0 Å². The summed E-state index contributed by atoms with van der Waals surface area (Å²) < 4.78 is 46.0. The molecule has 4 aromatic rings. The van der Waals surface area contributed by atoms with Crippen molar-refractivity contribution in [3.8, 4) is 0 Å². The molecule has 2 aromatic heterocycles. The highest BCUT2D eigenvalue weighted by molar-refractivity contribution is 5.91. The number of aromatic amines is 1. The molecule has 0 aliphatic heterocycles. The number of benzene rings is 2. The fourth-order valence-electron chi connectivity index (χ4n) is 4.85. The number of halogens is 3. The molecular formula is C25H27F3N2O. The lowest BCUT2D eigenvalue weighted by Crippen LogP contribution is -2.44. The van der Waals surface area contributed by atoms with Crippen LogP contribution in [0.1, 0.15) is 44.6 Å². The van der Waals surface area contributed by atoms with Crippen molar-refractivity contribution >= 4 is 21.8 Å². The lowest BCUT2D eigenvalue weighted by Gasteiger charge is -2.33. The highest BCUT2D eigenvalue weighted by Crippen LogP contribution is 2.49. The number of fused-ring (bicyclic) bond motifs is 2. The van der Waals surface area contributed by atoms with E-state index >= 15 is 0 Å². The highest BCUT2D eigenvalue weighted by atomic mass is 19.4. The van der Waals surface area contributed by atoms with Crippen molar-refractivity contribution in [1.82, 2.24) is 9.55 Å². The minimum Gasteiger partial charge on any atom is -0.371 e. The Morgan fingerprint density at radius 2 is 1.48 bits per heavy atom. The maximum Gasteiger partial charge on any atom is 0.427 e. The van der Waals surface area contributed by atoms with Crippen LogP contribution in [-0.2, 0) is 12.6 Å². The van der Waals surface area contributed by atoms with Crippen molar-refractivity contribution in [3.63, 3.8) is 0 Å². The number of aromatic nitrogens is 2. The second-order valence-electron chi connectivity index (χ2n) is 8.73. The molecule has 1 unspecified atom stereocenters. The van der Waals surface area contributed by atoms with Crippen molar-refractivity contribution < 1.29 is 18.3 Å². The summed E-state index contributed by atoms with van der Waals surface area (Å²) >= 11 is 0. The molecule has 1 atom stereocenters. The molecule has 6 heteroatoms. The van der Waals surface area contributed by atoms with Gasteiger partial charge in [-0.3, -0.25) is 0 Å². The standard InChI is InChI=1S/C25H27F3N2O/c1-12-10-20-19(15(4)13(12)2)11-21(29-20)24(31,25(26,27)28)22-16(5)14(3)17(6)23-18(22)8-9-30(23)7/h8-11,29,31H,1-7H3. The summed E-state index contributed by atoms with van der Waals surface area (Å²) in [4.78, 5) is 2.91. The molecule has 2 N–H and O–H groups in total. The average molecular weight is 428 g/mol. The van der Waals surface area contributed by atoms with E-state index in [1.54, 1.807) is 37.7 Å². The van der Waals surface area contributed by atoms with Gasteiger partial charge in [-0.15, -0.1) is 0 Å². The molecule has 4 rings (SSSR count). The van der Waals surface area contributed by atoms with Crippen molar-refractivity contribution in [2.24, 2.45) is 7.05 Å². The molecule has 0 bridgehead atoms. The summed E-state index contributed by atoms with van der Waals surface area (Å²) in [5, 5.41) is 12.7. The minimum atomic E-state index is -4.93. The van der Waals surface area contributed by atoms with E-state index in [1.165, 1.54) is 6.07 Å². The zero-order valence-corrected chi connectivity index (χ0v) is 18.8. The molecule has 0 aliphatic rings. The fraction of sp³-hybridized carbons (Fsp3) is 0.360. The molecule has 0 saturated heterocycles. The van der Waals surface area contributed by atoms with E-state index in [1.807, 2.05) is 33.8 Å². The second kappa shape index (κ2) is 6.63. The summed E-state index contributed by atoms with van der Waals surface area (Å²) in [6, 6.07) is 4.94. The molecule has 2 heterocycles. The molecular weight excluding hydrogens is 401 g/mol. The number of hydrogen-bond donors (Lipinski definition) is 2. The van der Waals surface area contributed by atoms with E-state index in [-0.39, 0.29) is 11.3 Å². The first kappa shape index (κ1) is 21.5. The Morgan fingerprint density at radius 3 is 2.10 bits per heavy atom. The van der Waals surface area contributed by atoms with Gasteiger partial charge < -0.3 is 14.7 Å². The number of nitrogens with one attached hydrogen (secondary N) is 1. The van der Waals surface area contributed by atoms with Gasteiger partial charge in [0, 0.05) is 35.1 Å². The van der Waals surface area contributed by atoms with Gasteiger partial charge in [-0.05, 0) is 93.1 Å². The molecule has 0 spiro atoms. The van der Waals surface area contributed by atoms with Gasteiger partial charge in [0.25, 0.3) is 0 Å². The molecule has 0 saturated carbocycles. The van der Waals surface area contributed by atoms with Gasteiger partial charge in [-0.25, -0.2) is 0 Å². The Hall–Kier alpha value is -2.73. The maximum absolute atomic E-state index is 14.7. The molecule has 31 heavy (non-hydrogen) atoms. The Labute approximate surface area is 179 Å². The number of aryl methyl sites for hydroxylation is 4. The molecule has 2 aromatic carbocycles. The molecule has 0 fully saturated rings. The molecule has 164 valence electrons. The molecule has 0 aliphatic carbocycles. The zero-order valence-electron chi connectivity index (χ0n) is 18.8. The van der Waals surface area contributed by atoms with Crippen LogP contribution in [-0.4, -0.2) is 20.8 Å². The van der Waals surface area contributed by atoms with Crippen LogP contribution in [0.15, 0.2) is 24.4 Å². The Bertz CT molecular complexity index is 1360. The van der Waals surface area contributed by atoms with Gasteiger partial charge in [0.2, 0.25) is 5.60 Å². The van der Waals surface area contributed by atoms with Gasteiger partial charge >= 0.3 is 6.18 Å². The number of nitrogens with zero attached hydrogens (tertiary/aromatic N) is 1. The largest absolute Gasteiger partial charge is 0.427 e. The number of rotatable bonds is 2. The Morgan fingerprint density at radius 1 is 0.839 bits per heavy atom. The van der Waals surface area contributed by atoms with E-state index < -0.39 is 11.8 Å². The predicted octanol–water partition coefficient (Wildman–Crippen LogP) is 6.31. The number of hydrogen-bond acceptors (Lipinski definition) is 1. The first-order valence-corrected chi connectivity index (χ1v) is 10.2. The normalized spacial score (nSPS) is 14.5. The topological polar surface area (TPSA) is 40.9 Å². The van der Waals surface area contributed by atoms with Crippen LogP contribution in [0.2, 0.25) is 0 Å². The molecule has 0 amide bonds. The van der Waals surface area contributed by atoms with E-state index in [2.05, 4.69) is 4.98 Å². The third-order valence-corrected chi connectivity index (χ3v) is 7.13. The molecule has 0 radical (unpaired) electrons.